The average Bonchev–Trinajstić information content (AvgIpc) is 3.51. The van der Waals surface area contributed by atoms with E-state index in [0.717, 1.165) is 17.1 Å². The lowest BCUT2D eigenvalue weighted by molar-refractivity contribution is 0.728. The number of fused-ring (bicyclic) bond motifs is 6. The predicted octanol–water partition coefficient (Wildman–Crippen LogP) is 12.1. The molecule has 0 fully saturated rings. The molecule has 230 valence electrons. The molecule has 2 heterocycles. The second-order valence-corrected chi connectivity index (χ2v) is 12.9. The van der Waals surface area contributed by atoms with E-state index in [0.29, 0.717) is 0 Å². The summed E-state index contributed by atoms with van der Waals surface area (Å²) < 4.78 is 2.51. The lowest BCUT2D eigenvalue weighted by Gasteiger charge is -2.41. The van der Waals surface area contributed by atoms with Crippen molar-refractivity contribution >= 4 is 49.6 Å². The highest BCUT2D eigenvalue weighted by Crippen LogP contribution is 2.54. The number of benzene rings is 8. The van der Waals surface area contributed by atoms with E-state index < -0.39 is 5.41 Å². The fourth-order valence-corrected chi connectivity index (χ4v) is 8.45. The van der Waals surface area contributed by atoms with E-state index in [1.165, 1.54) is 60.5 Å². The van der Waals surface area contributed by atoms with Crippen molar-refractivity contribution < 1.29 is 0 Å². The molecule has 0 bridgehead atoms. The molecule has 0 aliphatic carbocycles. The summed E-state index contributed by atoms with van der Waals surface area (Å²) in [5.41, 5.74) is 11.7. The van der Waals surface area contributed by atoms with Crippen molar-refractivity contribution in [1.29, 1.82) is 0 Å². The summed E-state index contributed by atoms with van der Waals surface area (Å²) in [6.45, 7) is 0. The van der Waals surface area contributed by atoms with Crippen LogP contribution in [0.3, 0.4) is 0 Å². The summed E-state index contributed by atoms with van der Waals surface area (Å²) >= 11 is 0. The van der Waals surface area contributed by atoms with Gasteiger partial charge in [-0.15, -0.1) is 0 Å². The van der Waals surface area contributed by atoms with E-state index in [4.69, 9.17) is 0 Å². The van der Waals surface area contributed by atoms with Gasteiger partial charge in [-0.25, -0.2) is 0 Å². The first kappa shape index (κ1) is 27.7. The zero-order valence-corrected chi connectivity index (χ0v) is 26.9. The minimum Gasteiger partial charge on any atom is -0.310 e. The van der Waals surface area contributed by atoms with Crippen LogP contribution in [0.5, 0.6) is 0 Å². The molecule has 0 saturated carbocycles. The van der Waals surface area contributed by atoms with Crippen LogP contribution in [-0.4, -0.2) is 4.57 Å². The number of nitrogens with zero attached hydrogens (tertiary/aromatic N) is 2. The lowest BCUT2D eigenvalue weighted by atomic mass is 9.63. The highest BCUT2D eigenvalue weighted by Gasteiger charge is 2.45. The molecule has 0 radical (unpaired) electrons. The summed E-state index contributed by atoms with van der Waals surface area (Å²) in [6, 6.07) is 71.0. The van der Waals surface area contributed by atoms with Crippen LogP contribution in [0.25, 0.3) is 38.3 Å². The van der Waals surface area contributed by atoms with Crippen LogP contribution in [0.1, 0.15) is 22.3 Å². The minimum absolute atomic E-state index is 0.481. The maximum absolute atomic E-state index is 2.51. The van der Waals surface area contributed by atoms with Gasteiger partial charge in [-0.3, -0.25) is 0 Å². The molecular formula is C47H32N2. The Bertz CT molecular complexity index is 2610. The molecule has 0 amide bonds. The van der Waals surface area contributed by atoms with Gasteiger partial charge in [0.05, 0.1) is 27.8 Å². The van der Waals surface area contributed by atoms with Gasteiger partial charge < -0.3 is 9.47 Å². The SMILES string of the molecule is c1ccc(N(c2ccc3c(c2)c2cccc4c2n3-c2ccccc2C4(c2ccccc2)c2ccccc2)c2cccc3ccccc23)cc1. The van der Waals surface area contributed by atoms with E-state index in [1.54, 1.807) is 0 Å². The van der Waals surface area contributed by atoms with E-state index in [9.17, 15) is 0 Å². The Hall–Kier alpha value is -6.38. The highest BCUT2D eigenvalue weighted by atomic mass is 15.1. The topological polar surface area (TPSA) is 8.17 Å². The maximum atomic E-state index is 2.51. The molecule has 8 aromatic carbocycles. The van der Waals surface area contributed by atoms with Crippen molar-refractivity contribution in [3.05, 3.63) is 216 Å². The first-order valence-corrected chi connectivity index (χ1v) is 17.0. The number of hydrogen-bond acceptors (Lipinski definition) is 1. The van der Waals surface area contributed by atoms with Gasteiger partial charge in [-0.2, -0.15) is 0 Å². The molecule has 10 rings (SSSR count). The molecule has 9 aromatic rings. The quantitative estimate of drug-likeness (QED) is 0.185. The van der Waals surface area contributed by atoms with Gasteiger partial charge in [-0.1, -0.05) is 152 Å². The number of para-hydroxylation sites is 3. The zero-order chi connectivity index (χ0) is 32.4. The first-order chi connectivity index (χ1) is 24.3. The Labute approximate surface area is 285 Å². The molecule has 0 unspecified atom stereocenters. The van der Waals surface area contributed by atoms with Gasteiger partial charge in [0.25, 0.3) is 0 Å². The number of rotatable bonds is 5. The summed E-state index contributed by atoms with van der Waals surface area (Å²) in [7, 11) is 0. The molecule has 0 spiro atoms. The predicted molar refractivity (Wildman–Crippen MR) is 205 cm³/mol. The highest BCUT2D eigenvalue weighted by molar-refractivity contribution is 6.13. The number of aromatic nitrogens is 1. The minimum atomic E-state index is -0.481. The van der Waals surface area contributed by atoms with Crippen LogP contribution in [0.2, 0.25) is 0 Å². The second-order valence-electron chi connectivity index (χ2n) is 12.9. The van der Waals surface area contributed by atoms with Crippen LogP contribution in [-0.2, 0) is 5.41 Å². The van der Waals surface area contributed by atoms with Crippen LogP contribution in [0.4, 0.5) is 17.1 Å². The molecule has 1 aliphatic rings. The third kappa shape index (κ3) is 3.95. The Morgan fingerprint density at radius 1 is 0.408 bits per heavy atom. The largest absolute Gasteiger partial charge is 0.310 e. The number of hydrogen-bond donors (Lipinski definition) is 0. The Morgan fingerprint density at radius 3 is 1.78 bits per heavy atom. The molecule has 2 nitrogen and oxygen atoms in total. The van der Waals surface area contributed by atoms with E-state index in [-0.39, 0.29) is 0 Å². The van der Waals surface area contributed by atoms with Gasteiger partial charge in [0.1, 0.15) is 0 Å². The van der Waals surface area contributed by atoms with E-state index >= 15 is 0 Å². The molecule has 0 atom stereocenters. The molecule has 2 heteroatoms. The Kier molecular flexibility index (Phi) is 6.13. The van der Waals surface area contributed by atoms with Gasteiger partial charge in [-0.05, 0) is 70.1 Å². The average molecular weight is 625 g/mol. The van der Waals surface area contributed by atoms with Crippen molar-refractivity contribution in [3.63, 3.8) is 0 Å². The van der Waals surface area contributed by atoms with Crippen molar-refractivity contribution in [2.75, 3.05) is 4.90 Å². The molecular weight excluding hydrogens is 593 g/mol. The monoisotopic (exact) mass is 624 g/mol. The second kappa shape index (κ2) is 10.8. The van der Waals surface area contributed by atoms with Crippen LogP contribution >= 0.6 is 0 Å². The lowest BCUT2D eigenvalue weighted by Crippen LogP contribution is -2.35. The third-order valence-electron chi connectivity index (χ3n) is 10.4. The van der Waals surface area contributed by atoms with Crippen LogP contribution < -0.4 is 4.90 Å². The molecule has 1 aromatic heterocycles. The van der Waals surface area contributed by atoms with Crippen molar-refractivity contribution in [3.8, 4) is 5.69 Å². The van der Waals surface area contributed by atoms with Gasteiger partial charge in [0, 0.05) is 27.5 Å². The van der Waals surface area contributed by atoms with Gasteiger partial charge in [0.15, 0.2) is 0 Å². The molecule has 0 saturated heterocycles. The summed E-state index contributed by atoms with van der Waals surface area (Å²) in [4.78, 5) is 2.40. The fraction of sp³-hybridized carbons (Fsp3) is 0.0213. The first-order valence-electron chi connectivity index (χ1n) is 17.0. The molecule has 1 aliphatic heterocycles. The Balaban J connectivity index is 1.31. The summed E-state index contributed by atoms with van der Waals surface area (Å²) in [5.74, 6) is 0. The number of anilines is 3. The Morgan fingerprint density at radius 2 is 1.00 bits per heavy atom. The van der Waals surface area contributed by atoms with Crippen molar-refractivity contribution in [2.24, 2.45) is 0 Å². The fourth-order valence-electron chi connectivity index (χ4n) is 8.45. The summed E-state index contributed by atoms with van der Waals surface area (Å²) in [6.07, 6.45) is 0. The maximum Gasteiger partial charge on any atom is 0.0742 e. The zero-order valence-electron chi connectivity index (χ0n) is 26.9. The van der Waals surface area contributed by atoms with Crippen molar-refractivity contribution in [1.82, 2.24) is 4.57 Å². The van der Waals surface area contributed by atoms with Crippen LogP contribution in [0.15, 0.2) is 194 Å². The van der Waals surface area contributed by atoms with Gasteiger partial charge in [0.2, 0.25) is 0 Å². The smallest absolute Gasteiger partial charge is 0.0742 e. The van der Waals surface area contributed by atoms with Crippen molar-refractivity contribution in [2.45, 2.75) is 5.41 Å². The molecule has 49 heavy (non-hydrogen) atoms. The summed E-state index contributed by atoms with van der Waals surface area (Å²) in [5, 5.41) is 4.94. The standard InChI is InChI=1S/C47H32N2/c1-4-18-34(19-5-1)47(35-20-6-2-7-21-35)41-26-12-13-28-45(41)49-44-31-30-37(32-40(44)39-25-15-27-42(47)46(39)49)48(36-22-8-3-9-23-36)43-29-14-17-33-16-10-11-24-38(33)43/h1-32H. The third-order valence-corrected chi connectivity index (χ3v) is 10.4. The normalized spacial score (nSPS) is 13.1. The van der Waals surface area contributed by atoms with Crippen LogP contribution in [0, 0.1) is 0 Å². The van der Waals surface area contributed by atoms with E-state index in [2.05, 4.69) is 204 Å². The van der Waals surface area contributed by atoms with Gasteiger partial charge >= 0.3 is 0 Å². The van der Waals surface area contributed by atoms with E-state index in [1.807, 2.05) is 0 Å². The molecule has 0 N–H and O–H groups in total.